The Bertz CT molecular complexity index is 533. The third-order valence-electron chi connectivity index (χ3n) is 3.56. The number of nitrogens with zero attached hydrogens (tertiary/aromatic N) is 1. The van der Waals surface area contributed by atoms with E-state index in [2.05, 4.69) is 21.2 Å². The number of hydrogen-bond acceptors (Lipinski definition) is 3. The van der Waals surface area contributed by atoms with E-state index in [1.807, 2.05) is 0 Å². The zero-order valence-corrected chi connectivity index (χ0v) is 12.9. The van der Waals surface area contributed by atoms with Gasteiger partial charge in [-0.2, -0.15) is 0 Å². The maximum Gasteiger partial charge on any atom is 0.256 e. The first-order valence-electron chi connectivity index (χ1n) is 6.62. The fourth-order valence-electron chi connectivity index (χ4n) is 2.50. The van der Waals surface area contributed by atoms with Crippen LogP contribution in [0.1, 0.15) is 29.6 Å². The third kappa shape index (κ3) is 2.95. The Balaban J connectivity index is 2.27. The van der Waals surface area contributed by atoms with Gasteiger partial charge in [0.15, 0.2) is 0 Å². The lowest BCUT2D eigenvalue weighted by molar-refractivity contribution is -0.126. The second-order valence-electron chi connectivity index (χ2n) is 4.86. The van der Waals surface area contributed by atoms with Crippen molar-refractivity contribution in [2.75, 3.05) is 19.3 Å². The number of halogens is 1. The van der Waals surface area contributed by atoms with Crippen molar-refractivity contribution >= 4 is 33.4 Å². The van der Waals surface area contributed by atoms with Crippen LogP contribution in [0.3, 0.4) is 0 Å². The van der Waals surface area contributed by atoms with Gasteiger partial charge in [-0.3, -0.25) is 9.59 Å². The number of anilines is 1. The minimum atomic E-state index is -0.399. The molecule has 1 aliphatic heterocycles. The van der Waals surface area contributed by atoms with Crippen LogP contribution in [0.25, 0.3) is 0 Å². The van der Waals surface area contributed by atoms with E-state index in [1.165, 1.54) is 0 Å². The molecule has 6 heteroatoms. The maximum atomic E-state index is 12.6. The Morgan fingerprint density at radius 1 is 1.40 bits per heavy atom. The van der Waals surface area contributed by atoms with E-state index < -0.39 is 6.04 Å². The number of benzene rings is 1. The molecular weight excluding hydrogens is 322 g/mol. The summed E-state index contributed by atoms with van der Waals surface area (Å²) in [5, 5.41) is 2.62. The zero-order valence-electron chi connectivity index (χ0n) is 11.4. The Morgan fingerprint density at radius 3 is 2.80 bits per heavy atom. The van der Waals surface area contributed by atoms with Gasteiger partial charge < -0.3 is 16.0 Å². The summed E-state index contributed by atoms with van der Waals surface area (Å²) in [5.74, 6) is -0.294. The molecule has 1 fully saturated rings. The monoisotopic (exact) mass is 339 g/mol. The first-order valence-corrected chi connectivity index (χ1v) is 7.41. The fraction of sp³-hybridized carbons (Fsp3) is 0.429. The number of nitrogens with one attached hydrogen (secondary N) is 1. The molecule has 20 heavy (non-hydrogen) atoms. The highest BCUT2D eigenvalue weighted by molar-refractivity contribution is 9.10. The highest BCUT2D eigenvalue weighted by Crippen LogP contribution is 2.24. The van der Waals surface area contributed by atoms with Gasteiger partial charge in [-0.1, -0.05) is 15.9 Å². The van der Waals surface area contributed by atoms with Gasteiger partial charge in [0.25, 0.3) is 5.91 Å². The van der Waals surface area contributed by atoms with Crippen molar-refractivity contribution in [2.24, 2.45) is 0 Å². The summed E-state index contributed by atoms with van der Waals surface area (Å²) in [4.78, 5) is 26.1. The smallest absolute Gasteiger partial charge is 0.256 e. The Labute approximate surface area is 126 Å². The van der Waals surface area contributed by atoms with Crippen LogP contribution in [0, 0.1) is 0 Å². The average molecular weight is 340 g/mol. The molecule has 0 bridgehead atoms. The van der Waals surface area contributed by atoms with Crippen molar-refractivity contribution in [1.82, 2.24) is 10.2 Å². The lowest BCUT2D eigenvalue weighted by Gasteiger charge is -2.34. The van der Waals surface area contributed by atoms with Crippen LogP contribution in [0.15, 0.2) is 22.7 Å². The fourth-order valence-corrected chi connectivity index (χ4v) is 2.88. The van der Waals surface area contributed by atoms with Crippen molar-refractivity contribution in [3.63, 3.8) is 0 Å². The lowest BCUT2D eigenvalue weighted by atomic mass is 9.99. The normalized spacial score (nSPS) is 18.7. The van der Waals surface area contributed by atoms with Crippen LogP contribution in [-0.2, 0) is 4.79 Å². The summed E-state index contributed by atoms with van der Waals surface area (Å²) in [6.45, 7) is 0.590. The number of hydrogen-bond donors (Lipinski definition) is 2. The molecule has 1 aromatic rings. The molecule has 5 nitrogen and oxygen atoms in total. The van der Waals surface area contributed by atoms with Gasteiger partial charge in [0, 0.05) is 23.8 Å². The predicted molar refractivity (Wildman–Crippen MR) is 81.3 cm³/mol. The van der Waals surface area contributed by atoms with Crippen molar-refractivity contribution in [3.05, 3.63) is 28.2 Å². The van der Waals surface area contributed by atoms with Crippen LogP contribution in [-0.4, -0.2) is 36.3 Å². The number of likely N-dealkylation sites (N-methyl/N-ethyl adjacent to an activating group) is 1. The first-order chi connectivity index (χ1) is 9.54. The molecule has 2 amide bonds. The maximum absolute atomic E-state index is 12.6. The molecule has 3 N–H and O–H groups in total. The highest BCUT2D eigenvalue weighted by atomic mass is 79.9. The van der Waals surface area contributed by atoms with Gasteiger partial charge in [-0.05, 0) is 37.5 Å². The molecule has 1 atom stereocenters. The van der Waals surface area contributed by atoms with Gasteiger partial charge in [0.05, 0.1) is 5.56 Å². The summed E-state index contributed by atoms with van der Waals surface area (Å²) in [7, 11) is 1.59. The number of nitrogens with two attached hydrogens (primary N) is 1. The summed E-state index contributed by atoms with van der Waals surface area (Å²) in [5.41, 5.74) is 6.77. The average Bonchev–Trinajstić information content (AvgIpc) is 2.46. The van der Waals surface area contributed by atoms with E-state index in [-0.39, 0.29) is 11.8 Å². The number of carbonyl (C=O) groups excluding carboxylic acids is 2. The number of piperidine rings is 1. The molecule has 2 rings (SSSR count). The van der Waals surface area contributed by atoms with E-state index in [4.69, 9.17) is 5.73 Å². The van der Waals surface area contributed by atoms with Crippen molar-refractivity contribution in [2.45, 2.75) is 25.3 Å². The largest absolute Gasteiger partial charge is 0.398 e. The van der Waals surface area contributed by atoms with Crippen molar-refractivity contribution in [1.29, 1.82) is 0 Å². The second kappa shape index (κ2) is 6.26. The SMILES string of the molecule is CNC(=O)C1CCCCN1C(=O)c1ccc(Br)cc1N. The van der Waals surface area contributed by atoms with E-state index in [0.29, 0.717) is 24.2 Å². The van der Waals surface area contributed by atoms with Crippen LogP contribution < -0.4 is 11.1 Å². The van der Waals surface area contributed by atoms with Gasteiger partial charge in [0.1, 0.15) is 6.04 Å². The van der Waals surface area contributed by atoms with Gasteiger partial charge in [0.2, 0.25) is 5.91 Å². The Kier molecular flexibility index (Phi) is 4.65. The minimum absolute atomic E-state index is 0.117. The van der Waals surface area contributed by atoms with Gasteiger partial charge in [-0.15, -0.1) is 0 Å². The molecule has 0 radical (unpaired) electrons. The lowest BCUT2D eigenvalue weighted by Crippen LogP contribution is -2.51. The van der Waals surface area contributed by atoms with Crippen LogP contribution in [0.5, 0.6) is 0 Å². The summed E-state index contributed by atoms with van der Waals surface area (Å²) >= 11 is 3.32. The molecule has 0 saturated carbocycles. The van der Waals surface area contributed by atoms with E-state index in [0.717, 1.165) is 17.3 Å². The van der Waals surface area contributed by atoms with E-state index in [9.17, 15) is 9.59 Å². The predicted octanol–water partition coefficient (Wildman–Crippen LogP) is 1.77. The number of carbonyl (C=O) groups is 2. The van der Waals surface area contributed by atoms with E-state index in [1.54, 1.807) is 30.1 Å². The standard InChI is InChI=1S/C14H18BrN3O2/c1-17-13(19)12-4-2-3-7-18(12)14(20)10-6-5-9(15)8-11(10)16/h5-6,8,12H,2-4,7,16H2,1H3,(H,17,19). The number of amides is 2. The van der Waals surface area contributed by atoms with Crippen LogP contribution >= 0.6 is 15.9 Å². The van der Waals surface area contributed by atoms with Gasteiger partial charge >= 0.3 is 0 Å². The first kappa shape index (κ1) is 14.8. The molecule has 0 aliphatic carbocycles. The Hall–Kier alpha value is -1.56. The van der Waals surface area contributed by atoms with Crippen molar-refractivity contribution in [3.8, 4) is 0 Å². The molecule has 1 unspecified atom stereocenters. The summed E-state index contributed by atoms with van der Waals surface area (Å²) in [6.07, 6.45) is 2.56. The molecule has 1 aliphatic rings. The number of likely N-dealkylation sites (tertiary alicyclic amines) is 1. The quantitative estimate of drug-likeness (QED) is 0.806. The summed E-state index contributed by atoms with van der Waals surface area (Å²) < 4.78 is 0.827. The van der Waals surface area contributed by atoms with Crippen molar-refractivity contribution < 1.29 is 9.59 Å². The number of rotatable bonds is 2. The second-order valence-corrected chi connectivity index (χ2v) is 5.77. The molecule has 0 spiro atoms. The molecule has 1 saturated heterocycles. The summed E-state index contributed by atoms with van der Waals surface area (Å²) in [6, 6.07) is 4.77. The Morgan fingerprint density at radius 2 is 2.15 bits per heavy atom. The molecular formula is C14H18BrN3O2. The third-order valence-corrected chi connectivity index (χ3v) is 4.05. The highest BCUT2D eigenvalue weighted by Gasteiger charge is 2.32. The molecule has 1 aromatic carbocycles. The van der Waals surface area contributed by atoms with Crippen LogP contribution in [0.2, 0.25) is 0 Å². The zero-order chi connectivity index (χ0) is 14.7. The number of nitrogen functional groups attached to an aromatic ring is 1. The molecule has 1 heterocycles. The molecule has 0 aromatic heterocycles. The van der Waals surface area contributed by atoms with Gasteiger partial charge in [-0.25, -0.2) is 0 Å². The van der Waals surface area contributed by atoms with Crippen LogP contribution in [0.4, 0.5) is 5.69 Å². The topological polar surface area (TPSA) is 75.4 Å². The molecule has 108 valence electrons. The minimum Gasteiger partial charge on any atom is -0.398 e. The van der Waals surface area contributed by atoms with E-state index >= 15 is 0 Å².